The van der Waals surface area contributed by atoms with Crippen LogP contribution in [0.15, 0.2) is 24.3 Å². The second kappa shape index (κ2) is 6.35. The van der Waals surface area contributed by atoms with E-state index in [0.717, 1.165) is 5.56 Å². The summed E-state index contributed by atoms with van der Waals surface area (Å²) in [6.07, 6.45) is 0.861. The van der Waals surface area contributed by atoms with Crippen LogP contribution in [-0.2, 0) is 14.3 Å². The number of carbonyl (C=O) groups is 1. The standard InChI is InChI=1S/C15H22N2O3/c1-3-15(16,4-2)14(18)17-12-7-5-6-11(10-12)13-19-8-9-20-13/h5-7,10,13H,3-4,8-9,16H2,1-2H3,(H,17,18). The van der Waals surface area contributed by atoms with Gasteiger partial charge in [-0.3, -0.25) is 4.79 Å². The Balaban J connectivity index is 2.09. The van der Waals surface area contributed by atoms with Crippen LogP contribution in [0.3, 0.4) is 0 Å². The maximum atomic E-state index is 12.2. The predicted molar refractivity (Wildman–Crippen MR) is 77.2 cm³/mol. The number of hydrogen-bond acceptors (Lipinski definition) is 4. The number of nitrogens with one attached hydrogen (secondary N) is 1. The van der Waals surface area contributed by atoms with Gasteiger partial charge in [0.2, 0.25) is 5.91 Å². The highest BCUT2D eigenvalue weighted by molar-refractivity contribution is 5.97. The minimum absolute atomic E-state index is 0.159. The summed E-state index contributed by atoms with van der Waals surface area (Å²) in [5, 5.41) is 2.87. The first kappa shape index (κ1) is 15.0. The second-order valence-corrected chi connectivity index (χ2v) is 5.02. The normalized spacial score (nSPS) is 16.4. The van der Waals surface area contributed by atoms with E-state index >= 15 is 0 Å². The first-order chi connectivity index (χ1) is 9.59. The zero-order chi connectivity index (χ0) is 14.6. The Morgan fingerprint density at radius 3 is 2.60 bits per heavy atom. The summed E-state index contributed by atoms with van der Waals surface area (Å²) in [5.74, 6) is -0.159. The molecule has 0 saturated carbocycles. The monoisotopic (exact) mass is 278 g/mol. The largest absolute Gasteiger partial charge is 0.346 e. The summed E-state index contributed by atoms with van der Waals surface area (Å²) in [6.45, 7) is 5.02. The highest BCUT2D eigenvalue weighted by Crippen LogP contribution is 2.25. The van der Waals surface area contributed by atoms with Crippen LogP contribution in [0, 0.1) is 0 Å². The van der Waals surface area contributed by atoms with Crippen molar-refractivity contribution >= 4 is 11.6 Å². The van der Waals surface area contributed by atoms with E-state index in [0.29, 0.717) is 31.7 Å². The number of rotatable bonds is 5. The molecule has 20 heavy (non-hydrogen) atoms. The molecule has 0 bridgehead atoms. The van der Waals surface area contributed by atoms with Crippen molar-refractivity contribution in [3.63, 3.8) is 0 Å². The number of amides is 1. The number of anilines is 1. The van der Waals surface area contributed by atoms with E-state index < -0.39 is 5.54 Å². The lowest BCUT2D eigenvalue weighted by molar-refractivity contribution is -0.121. The van der Waals surface area contributed by atoms with Crippen molar-refractivity contribution in [3.8, 4) is 0 Å². The molecule has 5 heteroatoms. The average molecular weight is 278 g/mol. The highest BCUT2D eigenvalue weighted by Gasteiger charge is 2.30. The highest BCUT2D eigenvalue weighted by atomic mass is 16.7. The smallest absolute Gasteiger partial charge is 0.244 e. The zero-order valence-electron chi connectivity index (χ0n) is 12.0. The van der Waals surface area contributed by atoms with Crippen molar-refractivity contribution in [2.24, 2.45) is 5.73 Å². The lowest BCUT2D eigenvalue weighted by Crippen LogP contribution is -2.50. The Morgan fingerprint density at radius 2 is 2.00 bits per heavy atom. The first-order valence-corrected chi connectivity index (χ1v) is 7.02. The molecule has 2 rings (SSSR count). The van der Waals surface area contributed by atoms with Gasteiger partial charge in [-0.05, 0) is 25.0 Å². The topological polar surface area (TPSA) is 73.6 Å². The van der Waals surface area contributed by atoms with Gasteiger partial charge in [0.05, 0.1) is 18.8 Å². The molecule has 1 aliphatic heterocycles. The Labute approximate surface area is 119 Å². The molecule has 0 atom stereocenters. The van der Waals surface area contributed by atoms with Gasteiger partial charge in [-0.1, -0.05) is 26.0 Å². The Kier molecular flexibility index (Phi) is 4.75. The molecule has 0 spiro atoms. The van der Waals surface area contributed by atoms with Crippen LogP contribution >= 0.6 is 0 Å². The average Bonchev–Trinajstić information content (AvgIpc) is 3.01. The number of carbonyl (C=O) groups excluding carboxylic acids is 1. The van der Waals surface area contributed by atoms with Crippen LogP contribution in [-0.4, -0.2) is 24.7 Å². The molecule has 3 N–H and O–H groups in total. The Morgan fingerprint density at radius 1 is 1.35 bits per heavy atom. The van der Waals surface area contributed by atoms with E-state index in [-0.39, 0.29) is 12.2 Å². The van der Waals surface area contributed by atoms with E-state index in [2.05, 4.69) is 5.32 Å². The Bertz CT molecular complexity index is 466. The van der Waals surface area contributed by atoms with Gasteiger partial charge in [-0.2, -0.15) is 0 Å². The van der Waals surface area contributed by atoms with Gasteiger partial charge in [0.15, 0.2) is 6.29 Å². The van der Waals surface area contributed by atoms with Crippen molar-refractivity contribution < 1.29 is 14.3 Å². The van der Waals surface area contributed by atoms with Crippen molar-refractivity contribution in [1.82, 2.24) is 0 Å². The zero-order valence-corrected chi connectivity index (χ0v) is 12.0. The van der Waals surface area contributed by atoms with Crippen LogP contribution in [0.4, 0.5) is 5.69 Å². The lowest BCUT2D eigenvalue weighted by Gasteiger charge is -2.25. The SMILES string of the molecule is CCC(N)(CC)C(=O)Nc1cccc(C2OCCO2)c1. The maximum absolute atomic E-state index is 12.2. The number of hydrogen-bond donors (Lipinski definition) is 2. The minimum atomic E-state index is -0.823. The molecule has 1 heterocycles. The maximum Gasteiger partial charge on any atom is 0.244 e. The molecular weight excluding hydrogens is 256 g/mol. The molecule has 0 unspecified atom stereocenters. The fraction of sp³-hybridized carbons (Fsp3) is 0.533. The van der Waals surface area contributed by atoms with E-state index in [9.17, 15) is 4.79 Å². The molecule has 1 aromatic rings. The van der Waals surface area contributed by atoms with Crippen molar-refractivity contribution in [2.45, 2.75) is 38.5 Å². The third-order valence-electron chi connectivity index (χ3n) is 3.75. The molecule has 1 aliphatic rings. The molecule has 0 aromatic heterocycles. The summed E-state index contributed by atoms with van der Waals surface area (Å²) in [7, 11) is 0. The van der Waals surface area contributed by atoms with Crippen molar-refractivity contribution in [3.05, 3.63) is 29.8 Å². The van der Waals surface area contributed by atoms with Crippen molar-refractivity contribution in [2.75, 3.05) is 18.5 Å². The van der Waals surface area contributed by atoms with E-state index in [1.807, 2.05) is 38.1 Å². The Hall–Kier alpha value is -1.43. The molecular formula is C15H22N2O3. The summed E-state index contributed by atoms with van der Waals surface area (Å²) in [4.78, 5) is 12.2. The lowest BCUT2D eigenvalue weighted by atomic mass is 9.93. The van der Waals surface area contributed by atoms with Gasteiger partial charge in [0, 0.05) is 11.3 Å². The van der Waals surface area contributed by atoms with E-state index in [1.165, 1.54) is 0 Å². The van der Waals surface area contributed by atoms with Gasteiger partial charge < -0.3 is 20.5 Å². The first-order valence-electron chi connectivity index (χ1n) is 7.02. The van der Waals surface area contributed by atoms with Gasteiger partial charge in [0.25, 0.3) is 0 Å². The summed E-state index contributed by atoms with van der Waals surface area (Å²) in [6, 6.07) is 7.48. The summed E-state index contributed by atoms with van der Waals surface area (Å²) < 4.78 is 10.9. The summed E-state index contributed by atoms with van der Waals surface area (Å²) >= 11 is 0. The number of nitrogens with two attached hydrogens (primary N) is 1. The molecule has 1 saturated heterocycles. The minimum Gasteiger partial charge on any atom is -0.346 e. The van der Waals surface area contributed by atoms with Gasteiger partial charge >= 0.3 is 0 Å². The van der Waals surface area contributed by atoms with Crippen LogP contribution in [0.5, 0.6) is 0 Å². The fourth-order valence-corrected chi connectivity index (χ4v) is 2.14. The summed E-state index contributed by atoms with van der Waals surface area (Å²) in [5.41, 5.74) is 6.87. The van der Waals surface area contributed by atoms with Crippen LogP contribution in [0.1, 0.15) is 38.5 Å². The van der Waals surface area contributed by atoms with E-state index in [4.69, 9.17) is 15.2 Å². The van der Waals surface area contributed by atoms with Gasteiger partial charge in [-0.25, -0.2) is 0 Å². The molecule has 0 radical (unpaired) electrons. The van der Waals surface area contributed by atoms with Crippen LogP contribution in [0.2, 0.25) is 0 Å². The third-order valence-corrected chi connectivity index (χ3v) is 3.75. The van der Waals surface area contributed by atoms with Gasteiger partial charge in [0.1, 0.15) is 0 Å². The fourth-order valence-electron chi connectivity index (χ4n) is 2.14. The number of ether oxygens (including phenoxy) is 2. The van der Waals surface area contributed by atoms with Crippen LogP contribution in [0.25, 0.3) is 0 Å². The molecule has 0 aliphatic carbocycles. The molecule has 1 aromatic carbocycles. The van der Waals surface area contributed by atoms with Gasteiger partial charge in [-0.15, -0.1) is 0 Å². The second-order valence-electron chi connectivity index (χ2n) is 5.02. The quantitative estimate of drug-likeness (QED) is 0.866. The van der Waals surface area contributed by atoms with E-state index in [1.54, 1.807) is 0 Å². The third kappa shape index (κ3) is 3.17. The predicted octanol–water partition coefficient (Wildman–Crippen LogP) is 2.19. The van der Waals surface area contributed by atoms with Crippen LogP contribution < -0.4 is 11.1 Å². The van der Waals surface area contributed by atoms with Crippen molar-refractivity contribution in [1.29, 1.82) is 0 Å². The molecule has 110 valence electrons. The molecule has 1 fully saturated rings. The molecule has 1 amide bonds. The molecule has 5 nitrogen and oxygen atoms in total. The number of benzene rings is 1.